The maximum atomic E-state index is 11.6. The average Bonchev–Trinajstić information content (AvgIpc) is 2.29. The van der Waals surface area contributed by atoms with E-state index in [0.29, 0.717) is 5.69 Å². The van der Waals surface area contributed by atoms with Gasteiger partial charge in [0.15, 0.2) is 0 Å². The van der Waals surface area contributed by atoms with Crippen molar-refractivity contribution in [2.45, 2.75) is 26.4 Å². The SMILES string of the molecule is CC(C)C(O)CNC(=O)Cc1ccccc1N. The Hall–Kier alpha value is -1.55. The van der Waals surface area contributed by atoms with Gasteiger partial charge in [-0.15, -0.1) is 0 Å². The Kier molecular flexibility index (Phi) is 4.97. The van der Waals surface area contributed by atoms with Crippen molar-refractivity contribution in [1.82, 2.24) is 5.32 Å². The topological polar surface area (TPSA) is 75.3 Å². The Bertz CT molecular complexity index is 377. The molecule has 0 aliphatic carbocycles. The molecule has 0 bridgehead atoms. The van der Waals surface area contributed by atoms with Crippen LogP contribution in [0.3, 0.4) is 0 Å². The lowest BCUT2D eigenvalue weighted by Crippen LogP contribution is -2.35. The first kappa shape index (κ1) is 13.5. The van der Waals surface area contributed by atoms with Gasteiger partial charge in [-0.1, -0.05) is 32.0 Å². The van der Waals surface area contributed by atoms with Crippen LogP contribution < -0.4 is 11.1 Å². The van der Waals surface area contributed by atoms with Gasteiger partial charge in [-0.3, -0.25) is 4.79 Å². The summed E-state index contributed by atoms with van der Waals surface area (Å²) in [6, 6.07) is 7.28. The highest BCUT2D eigenvalue weighted by Crippen LogP contribution is 2.10. The van der Waals surface area contributed by atoms with Crippen molar-refractivity contribution >= 4 is 11.6 Å². The summed E-state index contributed by atoms with van der Waals surface area (Å²) in [5.41, 5.74) is 7.17. The molecule has 0 radical (unpaired) electrons. The van der Waals surface area contributed by atoms with Gasteiger partial charge in [-0.2, -0.15) is 0 Å². The van der Waals surface area contributed by atoms with Crippen LogP contribution in [0.1, 0.15) is 19.4 Å². The van der Waals surface area contributed by atoms with E-state index in [2.05, 4.69) is 5.32 Å². The molecule has 0 aromatic heterocycles. The van der Waals surface area contributed by atoms with Crippen LogP contribution in [0.4, 0.5) is 5.69 Å². The lowest BCUT2D eigenvalue weighted by molar-refractivity contribution is -0.121. The molecule has 0 spiro atoms. The molecular formula is C13H20N2O2. The van der Waals surface area contributed by atoms with Gasteiger partial charge < -0.3 is 16.2 Å². The van der Waals surface area contributed by atoms with Crippen LogP contribution in [-0.4, -0.2) is 23.7 Å². The Morgan fingerprint density at radius 2 is 2.06 bits per heavy atom. The smallest absolute Gasteiger partial charge is 0.224 e. The van der Waals surface area contributed by atoms with Gasteiger partial charge >= 0.3 is 0 Å². The fraction of sp³-hybridized carbons (Fsp3) is 0.462. The summed E-state index contributed by atoms with van der Waals surface area (Å²) in [5.74, 6) is 0.0136. The first-order valence-corrected chi connectivity index (χ1v) is 5.79. The summed E-state index contributed by atoms with van der Waals surface area (Å²) in [7, 11) is 0. The van der Waals surface area contributed by atoms with E-state index in [9.17, 15) is 9.90 Å². The standard InChI is InChI=1S/C13H20N2O2/c1-9(2)12(16)8-15-13(17)7-10-5-3-4-6-11(10)14/h3-6,9,12,16H,7-8,14H2,1-2H3,(H,15,17). The number of anilines is 1. The number of nitrogens with one attached hydrogen (secondary N) is 1. The van der Waals surface area contributed by atoms with E-state index in [1.54, 1.807) is 6.07 Å². The summed E-state index contributed by atoms with van der Waals surface area (Å²) in [6.07, 6.45) is -0.260. The summed E-state index contributed by atoms with van der Waals surface area (Å²) in [5, 5.41) is 12.3. The molecule has 1 unspecified atom stereocenters. The van der Waals surface area contributed by atoms with E-state index in [4.69, 9.17) is 5.73 Å². The molecule has 4 nitrogen and oxygen atoms in total. The fourth-order valence-electron chi connectivity index (χ4n) is 1.38. The third-order valence-corrected chi connectivity index (χ3v) is 2.68. The Labute approximate surface area is 102 Å². The maximum absolute atomic E-state index is 11.6. The monoisotopic (exact) mass is 236 g/mol. The van der Waals surface area contributed by atoms with E-state index in [0.717, 1.165) is 5.56 Å². The summed E-state index contributed by atoms with van der Waals surface area (Å²) >= 11 is 0. The van der Waals surface area contributed by atoms with Crippen molar-refractivity contribution < 1.29 is 9.90 Å². The number of hydrogen-bond acceptors (Lipinski definition) is 3. The minimum Gasteiger partial charge on any atom is -0.398 e. The van der Waals surface area contributed by atoms with E-state index >= 15 is 0 Å². The Morgan fingerprint density at radius 1 is 1.41 bits per heavy atom. The van der Waals surface area contributed by atoms with Crippen molar-refractivity contribution in [1.29, 1.82) is 0 Å². The molecule has 1 rings (SSSR count). The predicted octanol–water partition coefficient (Wildman–Crippen LogP) is 0.944. The fourth-order valence-corrected chi connectivity index (χ4v) is 1.38. The number of hydrogen-bond donors (Lipinski definition) is 3. The van der Waals surface area contributed by atoms with Crippen LogP contribution in [0.25, 0.3) is 0 Å². The largest absolute Gasteiger partial charge is 0.398 e. The molecule has 0 heterocycles. The van der Waals surface area contributed by atoms with Crippen LogP contribution >= 0.6 is 0 Å². The molecule has 0 aliphatic heterocycles. The highest BCUT2D eigenvalue weighted by atomic mass is 16.3. The van der Waals surface area contributed by atoms with Crippen molar-refractivity contribution in [2.24, 2.45) is 5.92 Å². The minimum absolute atomic E-state index is 0.123. The zero-order valence-corrected chi connectivity index (χ0v) is 10.3. The summed E-state index contributed by atoms with van der Waals surface area (Å²) < 4.78 is 0. The minimum atomic E-state index is -0.507. The first-order valence-electron chi connectivity index (χ1n) is 5.79. The number of nitrogens with two attached hydrogens (primary N) is 1. The van der Waals surface area contributed by atoms with Crippen molar-refractivity contribution in [2.75, 3.05) is 12.3 Å². The first-order chi connectivity index (χ1) is 8.00. The van der Waals surface area contributed by atoms with E-state index in [1.165, 1.54) is 0 Å². The highest BCUT2D eigenvalue weighted by molar-refractivity contribution is 5.80. The number of rotatable bonds is 5. The molecule has 1 aromatic carbocycles. The zero-order chi connectivity index (χ0) is 12.8. The van der Waals surface area contributed by atoms with Gasteiger partial charge in [0.1, 0.15) is 0 Å². The molecule has 4 N–H and O–H groups in total. The average molecular weight is 236 g/mol. The van der Waals surface area contributed by atoms with Crippen molar-refractivity contribution in [3.05, 3.63) is 29.8 Å². The number of benzene rings is 1. The van der Waals surface area contributed by atoms with E-state index in [1.807, 2.05) is 32.0 Å². The highest BCUT2D eigenvalue weighted by Gasteiger charge is 2.11. The normalized spacial score (nSPS) is 12.5. The molecule has 4 heteroatoms. The van der Waals surface area contributed by atoms with Crippen molar-refractivity contribution in [3.8, 4) is 0 Å². The second-order valence-corrected chi connectivity index (χ2v) is 4.49. The second kappa shape index (κ2) is 6.25. The number of carbonyl (C=O) groups excluding carboxylic acids is 1. The Balaban J connectivity index is 2.43. The van der Waals surface area contributed by atoms with Crippen LogP contribution in [0, 0.1) is 5.92 Å². The number of amides is 1. The van der Waals surface area contributed by atoms with Crippen LogP contribution in [0.5, 0.6) is 0 Å². The van der Waals surface area contributed by atoms with E-state index < -0.39 is 6.10 Å². The molecular weight excluding hydrogens is 216 g/mol. The van der Waals surface area contributed by atoms with Crippen LogP contribution in [0.2, 0.25) is 0 Å². The lowest BCUT2D eigenvalue weighted by atomic mass is 10.1. The van der Waals surface area contributed by atoms with Gasteiger partial charge in [0.05, 0.1) is 12.5 Å². The molecule has 0 aliphatic rings. The zero-order valence-electron chi connectivity index (χ0n) is 10.3. The lowest BCUT2D eigenvalue weighted by Gasteiger charge is -2.15. The summed E-state index contributed by atoms with van der Waals surface area (Å²) in [4.78, 5) is 11.6. The second-order valence-electron chi connectivity index (χ2n) is 4.49. The summed E-state index contributed by atoms with van der Waals surface area (Å²) in [6.45, 7) is 4.10. The third kappa shape index (κ3) is 4.44. The molecule has 1 amide bonds. The van der Waals surface area contributed by atoms with Crippen molar-refractivity contribution in [3.63, 3.8) is 0 Å². The maximum Gasteiger partial charge on any atom is 0.224 e. The van der Waals surface area contributed by atoms with Gasteiger partial charge in [0, 0.05) is 12.2 Å². The number of nitrogen functional groups attached to an aromatic ring is 1. The number of aliphatic hydroxyl groups is 1. The molecule has 0 saturated heterocycles. The molecule has 17 heavy (non-hydrogen) atoms. The molecule has 0 fully saturated rings. The van der Waals surface area contributed by atoms with Gasteiger partial charge in [-0.25, -0.2) is 0 Å². The number of para-hydroxylation sites is 1. The quantitative estimate of drug-likeness (QED) is 0.666. The van der Waals surface area contributed by atoms with Gasteiger partial charge in [0.25, 0.3) is 0 Å². The molecule has 0 saturated carbocycles. The van der Waals surface area contributed by atoms with Gasteiger partial charge in [-0.05, 0) is 17.5 Å². The van der Waals surface area contributed by atoms with Gasteiger partial charge in [0.2, 0.25) is 5.91 Å². The third-order valence-electron chi connectivity index (χ3n) is 2.68. The number of carbonyl (C=O) groups is 1. The predicted molar refractivity (Wildman–Crippen MR) is 68.4 cm³/mol. The Morgan fingerprint density at radius 3 is 2.65 bits per heavy atom. The van der Waals surface area contributed by atoms with E-state index in [-0.39, 0.29) is 24.8 Å². The van der Waals surface area contributed by atoms with Crippen LogP contribution in [-0.2, 0) is 11.2 Å². The molecule has 1 aromatic rings. The van der Waals surface area contributed by atoms with Crippen LogP contribution in [0.15, 0.2) is 24.3 Å². The molecule has 1 atom stereocenters. The molecule has 94 valence electrons. The number of aliphatic hydroxyl groups excluding tert-OH is 1.